The van der Waals surface area contributed by atoms with Crippen molar-refractivity contribution < 1.29 is 19.1 Å². The van der Waals surface area contributed by atoms with Crippen molar-refractivity contribution >= 4 is 16.9 Å². The van der Waals surface area contributed by atoms with E-state index in [1.165, 1.54) is 25.1 Å². The first kappa shape index (κ1) is 11.2. The first-order chi connectivity index (χ1) is 7.97. The highest BCUT2D eigenvalue weighted by molar-refractivity contribution is 5.90. The van der Waals surface area contributed by atoms with Gasteiger partial charge in [0.1, 0.15) is 17.1 Å². The number of phenols is 1. The maximum atomic E-state index is 11.2. The molecule has 1 N–H and O–H groups in total. The van der Waals surface area contributed by atoms with Gasteiger partial charge in [0.2, 0.25) is 0 Å². The van der Waals surface area contributed by atoms with Crippen molar-refractivity contribution in [1.29, 1.82) is 0 Å². The SMILES string of the molecule is CC(=O)Oc1cc(O)cc2oc(=O)cc(C)c12. The lowest BCUT2D eigenvalue weighted by atomic mass is 10.1. The highest BCUT2D eigenvalue weighted by Gasteiger charge is 2.12. The summed E-state index contributed by atoms with van der Waals surface area (Å²) in [5, 5.41) is 9.95. The van der Waals surface area contributed by atoms with Crippen LogP contribution in [0, 0.1) is 6.92 Å². The number of phenolic OH excluding ortho intramolecular Hbond substituents is 1. The van der Waals surface area contributed by atoms with Crippen molar-refractivity contribution in [3.63, 3.8) is 0 Å². The van der Waals surface area contributed by atoms with E-state index < -0.39 is 11.6 Å². The summed E-state index contributed by atoms with van der Waals surface area (Å²) in [6.45, 7) is 2.95. The molecular weight excluding hydrogens is 224 g/mol. The fourth-order valence-electron chi connectivity index (χ4n) is 1.67. The molecule has 0 amide bonds. The lowest BCUT2D eigenvalue weighted by Gasteiger charge is -2.08. The Morgan fingerprint density at radius 3 is 2.71 bits per heavy atom. The van der Waals surface area contributed by atoms with E-state index in [-0.39, 0.29) is 17.1 Å². The van der Waals surface area contributed by atoms with Crippen molar-refractivity contribution in [2.24, 2.45) is 0 Å². The fraction of sp³-hybridized carbons (Fsp3) is 0.167. The van der Waals surface area contributed by atoms with Gasteiger partial charge in [0.25, 0.3) is 0 Å². The number of aryl methyl sites for hydroxylation is 1. The zero-order valence-corrected chi connectivity index (χ0v) is 9.31. The maximum Gasteiger partial charge on any atom is 0.336 e. The van der Waals surface area contributed by atoms with Gasteiger partial charge in [-0.05, 0) is 12.5 Å². The Labute approximate surface area is 96.2 Å². The van der Waals surface area contributed by atoms with Crippen LogP contribution in [0.3, 0.4) is 0 Å². The summed E-state index contributed by atoms with van der Waals surface area (Å²) in [5.74, 6) is -0.473. The average molecular weight is 234 g/mol. The van der Waals surface area contributed by atoms with Crippen LogP contribution in [0.5, 0.6) is 11.5 Å². The Morgan fingerprint density at radius 1 is 1.35 bits per heavy atom. The molecular formula is C12H10O5. The van der Waals surface area contributed by atoms with Crippen molar-refractivity contribution in [3.8, 4) is 11.5 Å². The molecule has 0 aliphatic carbocycles. The van der Waals surface area contributed by atoms with Crippen LogP contribution in [-0.2, 0) is 4.79 Å². The van der Waals surface area contributed by atoms with Crippen LogP contribution in [0.2, 0.25) is 0 Å². The van der Waals surface area contributed by atoms with E-state index in [4.69, 9.17) is 9.15 Å². The minimum atomic E-state index is -0.519. The number of carbonyl (C=O) groups is 1. The maximum absolute atomic E-state index is 11.2. The number of ether oxygens (including phenoxy) is 1. The third-order valence-corrected chi connectivity index (χ3v) is 2.24. The molecule has 5 nitrogen and oxygen atoms in total. The van der Waals surface area contributed by atoms with E-state index in [1.807, 2.05) is 0 Å². The van der Waals surface area contributed by atoms with Gasteiger partial charge >= 0.3 is 11.6 Å². The largest absolute Gasteiger partial charge is 0.508 e. The number of hydrogen-bond donors (Lipinski definition) is 1. The zero-order chi connectivity index (χ0) is 12.6. The average Bonchev–Trinajstić information content (AvgIpc) is 2.13. The minimum Gasteiger partial charge on any atom is -0.508 e. The molecule has 0 fully saturated rings. The van der Waals surface area contributed by atoms with E-state index in [9.17, 15) is 14.7 Å². The highest BCUT2D eigenvalue weighted by Crippen LogP contribution is 2.32. The van der Waals surface area contributed by atoms with Crippen LogP contribution >= 0.6 is 0 Å². The molecule has 1 aromatic heterocycles. The molecule has 2 aromatic rings. The standard InChI is InChI=1S/C12H10O5/c1-6-3-11(15)17-10-5-8(14)4-9(12(6)10)16-7(2)13/h3-5,14H,1-2H3. The molecule has 0 saturated heterocycles. The summed E-state index contributed by atoms with van der Waals surface area (Å²) in [4.78, 5) is 22.1. The molecule has 0 aliphatic rings. The van der Waals surface area contributed by atoms with Gasteiger partial charge in [-0.15, -0.1) is 0 Å². The number of aromatic hydroxyl groups is 1. The third kappa shape index (κ3) is 2.13. The number of rotatable bonds is 1. The Kier molecular flexibility index (Phi) is 2.59. The van der Waals surface area contributed by atoms with Crippen LogP contribution in [0.4, 0.5) is 0 Å². The fourth-order valence-corrected chi connectivity index (χ4v) is 1.67. The monoisotopic (exact) mass is 234 g/mol. The summed E-state index contributed by atoms with van der Waals surface area (Å²) in [6, 6.07) is 3.90. The van der Waals surface area contributed by atoms with Crippen LogP contribution in [0.1, 0.15) is 12.5 Å². The topological polar surface area (TPSA) is 76.7 Å². The molecule has 1 aromatic carbocycles. The van der Waals surface area contributed by atoms with Crippen LogP contribution in [-0.4, -0.2) is 11.1 Å². The molecule has 0 bridgehead atoms. The molecule has 0 unspecified atom stereocenters. The van der Waals surface area contributed by atoms with E-state index in [1.54, 1.807) is 6.92 Å². The van der Waals surface area contributed by atoms with Crippen LogP contribution in [0.15, 0.2) is 27.4 Å². The van der Waals surface area contributed by atoms with E-state index in [2.05, 4.69) is 0 Å². The van der Waals surface area contributed by atoms with Gasteiger partial charge in [-0.3, -0.25) is 4.79 Å². The summed E-state index contributed by atoms with van der Waals surface area (Å²) >= 11 is 0. The Morgan fingerprint density at radius 2 is 2.06 bits per heavy atom. The van der Waals surface area contributed by atoms with Crippen LogP contribution in [0.25, 0.3) is 11.0 Å². The van der Waals surface area contributed by atoms with E-state index in [0.717, 1.165) is 0 Å². The molecule has 0 radical (unpaired) electrons. The molecule has 17 heavy (non-hydrogen) atoms. The third-order valence-electron chi connectivity index (χ3n) is 2.24. The van der Waals surface area contributed by atoms with Crippen LogP contribution < -0.4 is 10.4 Å². The lowest BCUT2D eigenvalue weighted by Crippen LogP contribution is -2.04. The number of fused-ring (bicyclic) bond motifs is 1. The molecule has 0 aliphatic heterocycles. The van der Waals surface area contributed by atoms with Crippen molar-refractivity contribution in [2.75, 3.05) is 0 Å². The number of carbonyl (C=O) groups excluding carboxylic acids is 1. The van der Waals surface area contributed by atoms with E-state index in [0.29, 0.717) is 10.9 Å². The van der Waals surface area contributed by atoms with Gasteiger partial charge in [-0.1, -0.05) is 0 Å². The molecule has 0 atom stereocenters. The molecule has 2 rings (SSSR count). The first-order valence-electron chi connectivity index (χ1n) is 4.93. The van der Waals surface area contributed by atoms with Crippen molar-refractivity contribution in [1.82, 2.24) is 0 Å². The smallest absolute Gasteiger partial charge is 0.336 e. The van der Waals surface area contributed by atoms with Gasteiger partial charge in [0.05, 0.1) is 5.39 Å². The molecule has 1 heterocycles. The van der Waals surface area contributed by atoms with Crippen molar-refractivity contribution in [2.45, 2.75) is 13.8 Å². The molecule has 88 valence electrons. The summed E-state index contributed by atoms with van der Waals surface area (Å²) < 4.78 is 9.91. The molecule has 5 heteroatoms. The Bertz CT molecular complexity index is 654. The quantitative estimate of drug-likeness (QED) is 0.462. The zero-order valence-electron chi connectivity index (χ0n) is 9.31. The summed E-state index contributed by atoms with van der Waals surface area (Å²) in [7, 11) is 0. The first-order valence-corrected chi connectivity index (χ1v) is 4.93. The second-order valence-corrected chi connectivity index (χ2v) is 3.66. The van der Waals surface area contributed by atoms with Gasteiger partial charge in [-0.2, -0.15) is 0 Å². The van der Waals surface area contributed by atoms with E-state index >= 15 is 0 Å². The number of benzene rings is 1. The number of hydrogen-bond acceptors (Lipinski definition) is 5. The predicted octanol–water partition coefficient (Wildman–Crippen LogP) is 1.73. The van der Waals surface area contributed by atoms with Gasteiger partial charge in [-0.25, -0.2) is 4.79 Å². The van der Waals surface area contributed by atoms with Crippen molar-refractivity contribution in [3.05, 3.63) is 34.2 Å². The minimum absolute atomic E-state index is 0.137. The lowest BCUT2D eigenvalue weighted by molar-refractivity contribution is -0.131. The Balaban J connectivity index is 2.82. The van der Waals surface area contributed by atoms with Gasteiger partial charge < -0.3 is 14.3 Å². The second-order valence-electron chi connectivity index (χ2n) is 3.66. The normalized spacial score (nSPS) is 10.5. The highest BCUT2D eigenvalue weighted by atomic mass is 16.5. The second kappa shape index (κ2) is 3.93. The Hall–Kier alpha value is -2.30. The summed E-state index contributed by atoms with van der Waals surface area (Å²) in [6.07, 6.45) is 0. The molecule has 0 saturated carbocycles. The van der Waals surface area contributed by atoms with Gasteiger partial charge in [0, 0.05) is 25.1 Å². The molecule has 0 spiro atoms. The predicted molar refractivity (Wildman–Crippen MR) is 60.2 cm³/mol. The van der Waals surface area contributed by atoms with Gasteiger partial charge in [0.15, 0.2) is 0 Å². The summed E-state index contributed by atoms with van der Waals surface area (Å²) in [5.41, 5.74) is 0.285. The number of esters is 1.